The summed E-state index contributed by atoms with van der Waals surface area (Å²) in [6, 6.07) is 15.5. The Bertz CT molecular complexity index is 542. The summed E-state index contributed by atoms with van der Waals surface area (Å²) in [5.41, 5.74) is 1.91. The molecule has 0 amide bonds. The topological polar surface area (TPSA) is 21.3 Å². The largest absolute Gasteiger partial charge is 0.494 e. The molecule has 0 bridgehead atoms. The van der Waals surface area contributed by atoms with Gasteiger partial charge in [0.25, 0.3) is 0 Å². The fraction of sp³-hybridized carbons (Fsp3) is 0.294. The minimum absolute atomic E-state index is 0.283. The van der Waals surface area contributed by atoms with Gasteiger partial charge in [-0.15, -0.1) is 0 Å². The van der Waals surface area contributed by atoms with Crippen LogP contribution in [0.15, 0.2) is 48.5 Å². The number of methoxy groups -OCH3 is 1. The molecule has 1 atom stereocenters. The first-order valence-corrected chi connectivity index (χ1v) is 6.79. The zero-order valence-electron chi connectivity index (χ0n) is 11.9. The molecule has 0 spiro atoms. The molecule has 1 unspecified atom stereocenters. The molecule has 0 aliphatic rings. The van der Waals surface area contributed by atoms with Crippen LogP contribution >= 0.6 is 0 Å². The van der Waals surface area contributed by atoms with Gasteiger partial charge in [-0.05, 0) is 17.5 Å². The van der Waals surface area contributed by atoms with E-state index in [0.29, 0.717) is 23.8 Å². The maximum Gasteiger partial charge on any atom is 0.169 e. The maximum atomic E-state index is 14.0. The second-order valence-electron chi connectivity index (χ2n) is 4.88. The summed E-state index contributed by atoms with van der Waals surface area (Å²) >= 11 is 0. The van der Waals surface area contributed by atoms with Gasteiger partial charge in [0.05, 0.1) is 7.11 Å². The molecule has 0 aliphatic carbocycles. The quantitative estimate of drug-likeness (QED) is 0.866. The third-order valence-corrected chi connectivity index (χ3v) is 3.40. The lowest BCUT2D eigenvalue weighted by Crippen LogP contribution is -2.20. The van der Waals surface area contributed by atoms with Crippen LogP contribution in [0.25, 0.3) is 0 Å². The molecule has 0 radical (unpaired) electrons. The molecule has 106 valence electrons. The van der Waals surface area contributed by atoms with Crippen LogP contribution < -0.4 is 10.1 Å². The van der Waals surface area contributed by atoms with Crippen LogP contribution in [0.3, 0.4) is 0 Å². The SMILES string of the molecule is COc1cccc(CNCC(C)c2ccccc2)c1F. The van der Waals surface area contributed by atoms with Gasteiger partial charge in [-0.2, -0.15) is 0 Å². The summed E-state index contributed by atoms with van der Waals surface area (Å²) < 4.78 is 18.9. The minimum Gasteiger partial charge on any atom is -0.494 e. The minimum atomic E-state index is -0.283. The maximum absolute atomic E-state index is 14.0. The zero-order valence-corrected chi connectivity index (χ0v) is 11.9. The molecule has 0 heterocycles. The summed E-state index contributed by atoms with van der Waals surface area (Å²) in [6.07, 6.45) is 0. The number of benzene rings is 2. The van der Waals surface area contributed by atoms with Gasteiger partial charge in [-0.1, -0.05) is 49.4 Å². The van der Waals surface area contributed by atoms with Crippen molar-refractivity contribution in [1.29, 1.82) is 0 Å². The van der Waals surface area contributed by atoms with E-state index in [1.807, 2.05) is 18.2 Å². The summed E-state index contributed by atoms with van der Waals surface area (Å²) in [6.45, 7) is 3.46. The summed E-state index contributed by atoms with van der Waals surface area (Å²) in [7, 11) is 1.48. The van der Waals surface area contributed by atoms with E-state index in [0.717, 1.165) is 6.54 Å². The molecular weight excluding hydrogens is 253 g/mol. The molecule has 2 nitrogen and oxygen atoms in total. The molecule has 2 rings (SSSR count). The highest BCUT2D eigenvalue weighted by molar-refractivity contribution is 5.31. The first-order valence-electron chi connectivity index (χ1n) is 6.79. The van der Waals surface area contributed by atoms with Gasteiger partial charge in [0, 0.05) is 18.7 Å². The summed E-state index contributed by atoms with van der Waals surface area (Å²) in [4.78, 5) is 0. The van der Waals surface area contributed by atoms with Gasteiger partial charge in [0.2, 0.25) is 0 Å². The average molecular weight is 273 g/mol. The van der Waals surface area contributed by atoms with Crippen LogP contribution in [-0.4, -0.2) is 13.7 Å². The molecule has 20 heavy (non-hydrogen) atoms. The Morgan fingerprint density at radius 1 is 1.10 bits per heavy atom. The van der Waals surface area contributed by atoms with E-state index in [1.165, 1.54) is 12.7 Å². The van der Waals surface area contributed by atoms with Crippen LogP contribution in [0.1, 0.15) is 24.0 Å². The van der Waals surface area contributed by atoms with Crippen LogP contribution in [0, 0.1) is 5.82 Å². The van der Waals surface area contributed by atoms with Crippen molar-refractivity contribution < 1.29 is 9.13 Å². The molecule has 0 saturated carbocycles. The lowest BCUT2D eigenvalue weighted by molar-refractivity contribution is 0.383. The van der Waals surface area contributed by atoms with Gasteiger partial charge in [-0.25, -0.2) is 4.39 Å². The Morgan fingerprint density at radius 2 is 1.85 bits per heavy atom. The van der Waals surface area contributed by atoms with Crippen molar-refractivity contribution in [3.8, 4) is 5.75 Å². The van der Waals surface area contributed by atoms with Crippen molar-refractivity contribution in [2.24, 2.45) is 0 Å². The fourth-order valence-corrected chi connectivity index (χ4v) is 2.17. The van der Waals surface area contributed by atoms with Gasteiger partial charge < -0.3 is 10.1 Å². The van der Waals surface area contributed by atoms with Crippen molar-refractivity contribution in [3.63, 3.8) is 0 Å². The Kier molecular flexibility index (Phi) is 5.13. The number of ether oxygens (including phenoxy) is 1. The van der Waals surface area contributed by atoms with Crippen LogP contribution in [0.2, 0.25) is 0 Å². The van der Waals surface area contributed by atoms with E-state index in [1.54, 1.807) is 18.2 Å². The number of halogens is 1. The van der Waals surface area contributed by atoms with Crippen molar-refractivity contribution in [2.75, 3.05) is 13.7 Å². The predicted octanol–water partition coefficient (Wildman–Crippen LogP) is 3.73. The van der Waals surface area contributed by atoms with Gasteiger partial charge in [0.1, 0.15) is 0 Å². The van der Waals surface area contributed by atoms with Crippen LogP contribution in [0.5, 0.6) is 5.75 Å². The fourth-order valence-electron chi connectivity index (χ4n) is 2.17. The second-order valence-corrected chi connectivity index (χ2v) is 4.88. The average Bonchev–Trinajstić information content (AvgIpc) is 2.49. The molecule has 0 fully saturated rings. The lowest BCUT2D eigenvalue weighted by Gasteiger charge is -2.14. The monoisotopic (exact) mass is 273 g/mol. The molecule has 3 heteroatoms. The standard InChI is InChI=1S/C17H20FNO/c1-13(14-7-4-3-5-8-14)11-19-12-15-9-6-10-16(20-2)17(15)18/h3-10,13,19H,11-12H2,1-2H3. The number of nitrogens with one attached hydrogen (secondary N) is 1. The molecule has 0 aromatic heterocycles. The third-order valence-electron chi connectivity index (χ3n) is 3.40. The van der Waals surface area contributed by atoms with Crippen molar-refractivity contribution in [1.82, 2.24) is 5.32 Å². The van der Waals surface area contributed by atoms with Crippen molar-refractivity contribution in [3.05, 3.63) is 65.5 Å². The predicted molar refractivity (Wildman–Crippen MR) is 79.5 cm³/mol. The first-order chi connectivity index (χ1) is 9.72. The van der Waals surface area contributed by atoms with E-state index in [9.17, 15) is 4.39 Å². The molecule has 0 aliphatic heterocycles. The Morgan fingerprint density at radius 3 is 2.55 bits per heavy atom. The van der Waals surface area contributed by atoms with E-state index in [2.05, 4.69) is 24.4 Å². The van der Waals surface area contributed by atoms with E-state index in [4.69, 9.17) is 4.74 Å². The Hall–Kier alpha value is -1.87. The highest BCUT2D eigenvalue weighted by atomic mass is 19.1. The third kappa shape index (κ3) is 3.58. The molecular formula is C17H20FNO. The Balaban J connectivity index is 1.90. The molecule has 2 aromatic carbocycles. The molecule has 2 aromatic rings. The first kappa shape index (κ1) is 14.5. The van der Waals surface area contributed by atoms with E-state index >= 15 is 0 Å². The van der Waals surface area contributed by atoms with E-state index in [-0.39, 0.29) is 5.82 Å². The number of hydrogen-bond acceptors (Lipinski definition) is 2. The lowest BCUT2D eigenvalue weighted by atomic mass is 10.0. The van der Waals surface area contributed by atoms with Gasteiger partial charge in [-0.3, -0.25) is 0 Å². The number of rotatable bonds is 6. The highest BCUT2D eigenvalue weighted by Crippen LogP contribution is 2.20. The Labute approximate surface area is 119 Å². The summed E-state index contributed by atoms with van der Waals surface area (Å²) in [5.74, 6) is 0.403. The zero-order chi connectivity index (χ0) is 14.4. The van der Waals surface area contributed by atoms with Gasteiger partial charge in [0.15, 0.2) is 11.6 Å². The van der Waals surface area contributed by atoms with Crippen molar-refractivity contribution in [2.45, 2.75) is 19.4 Å². The highest BCUT2D eigenvalue weighted by Gasteiger charge is 2.09. The smallest absolute Gasteiger partial charge is 0.169 e. The van der Waals surface area contributed by atoms with Crippen LogP contribution in [0.4, 0.5) is 4.39 Å². The van der Waals surface area contributed by atoms with Crippen LogP contribution in [-0.2, 0) is 6.54 Å². The second kappa shape index (κ2) is 7.06. The van der Waals surface area contributed by atoms with Gasteiger partial charge >= 0.3 is 0 Å². The molecule has 1 N–H and O–H groups in total. The summed E-state index contributed by atoms with van der Waals surface area (Å²) in [5, 5.41) is 3.30. The van der Waals surface area contributed by atoms with Crippen molar-refractivity contribution >= 4 is 0 Å². The van der Waals surface area contributed by atoms with E-state index < -0.39 is 0 Å². The normalized spacial score (nSPS) is 12.2. The molecule has 0 saturated heterocycles. The number of hydrogen-bond donors (Lipinski definition) is 1.